The summed E-state index contributed by atoms with van der Waals surface area (Å²) in [6.07, 6.45) is -0.214. The Morgan fingerprint density at radius 3 is 2.40 bits per heavy atom. The molecule has 5 heteroatoms. The minimum Gasteiger partial charge on any atom is -0.495 e. The first kappa shape index (κ1) is 16.0. The van der Waals surface area contributed by atoms with Crippen LogP contribution in [0.3, 0.4) is 0 Å². The van der Waals surface area contributed by atoms with Gasteiger partial charge in [-0.15, -0.1) is 0 Å². The fraction of sp³-hybridized carbons (Fsp3) is 0.467. The van der Waals surface area contributed by atoms with Crippen LogP contribution >= 0.6 is 0 Å². The molecule has 0 radical (unpaired) electrons. The predicted octanol–water partition coefficient (Wildman–Crippen LogP) is 2.25. The predicted molar refractivity (Wildman–Crippen MR) is 78.9 cm³/mol. The molecule has 0 aliphatic carbocycles. The zero-order valence-corrected chi connectivity index (χ0v) is 12.7. The van der Waals surface area contributed by atoms with Crippen LogP contribution in [0.25, 0.3) is 0 Å². The van der Waals surface area contributed by atoms with E-state index in [9.17, 15) is 9.59 Å². The van der Waals surface area contributed by atoms with Gasteiger partial charge in [-0.2, -0.15) is 0 Å². The molecule has 0 bridgehead atoms. The third-order valence-corrected chi connectivity index (χ3v) is 2.46. The van der Waals surface area contributed by atoms with E-state index in [0.29, 0.717) is 11.4 Å². The number of carbonyl (C=O) groups is 2. The highest BCUT2D eigenvalue weighted by Gasteiger charge is 2.17. The highest BCUT2D eigenvalue weighted by molar-refractivity contribution is 6.04. The number of rotatable bonds is 4. The van der Waals surface area contributed by atoms with Crippen LogP contribution in [0, 0.1) is 6.92 Å². The Bertz CT molecular complexity index is 504. The molecule has 110 valence electrons. The fourth-order valence-electron chi connectivity index (χ4n) is 1.72. The van der Waals surface area contributed by atoms with Gasteiger partial charge in [-0.25, -0.2) is 0 Å². The molecule has 0 saturated heterocycles. The van der Waals surface area contributed by atoms with E-state index in [1.165, 1.54) is 7.11 Å². The number of hydrogen-bond donors (Lipinski definition) is 2. The molecule has 0 heterocycles. The lowest BCUT2D eigenvalue weighted by Gasteiger charge is -2.20. The SMILES string of the molecule is COc1ccc(C)cc1NC(=O)CC(=O)NC(C)(C)C. The van der Waals surface area contributed by atoms with Gasteiger partial charge in [-0.05, 0) is 45.4 Å². The minimum absolute atomic E-state index is 0.214. The van der Waals surface area contributed by atoms with Crippen LogP contribution in [-0.4, -0.2) is 24.5 Å². The summed E-state index contributed by atoms with van der Waals surface area (Å²) in [4.78, 5) is 23.5. The molecule has 2 amide bonds. The molecule has 1 aromatic carbocycles. The van der Waals surface area contributed by atoms with Gasteiger partial charge in [-0.3, -0.25) is 9.59 Å². The Labute approximate surface area is 119 Å². The summed E-state index contributed by atoms with van der Waals surface area (Å²) in [5.74, 6) is -0.0996. The molecule has 0 aliphatic heterocycles. The van der Waals surface area contributed by atoms with Crippen LogP contribution in [0.5, 0.6) is 5.75 Å². The summed E-state index contributed by atoms with van der Waals surface area (Å²) in [7, 11) is 1.53. The average Bonchev–Trinajstić information content (AvgIpc) is 2.26. The number of carbonyl (C=O) groups excluding carboxylic acids is 2. The Morgan fingerprint density at radius 1 is 1.20 bits per heavy atom. The zero-order valence-electron chi connectivity index (χ0n) is 12.7. The smallest absolute Gasteiger partial charge is 0.233 e. The van der Waals surface area contributed by atoms with Crippen molar-refractivity contribution in [1.82, 2.24) is 5.32 Å². The van der Waals surface area contributed by atoms with Crippen LogP contribution in [0.15, 0.2) is 18.2 Å². The molecule has 20 heavy (non-hydrogen) atoms. The number of benzene rings is 1. The van der Waals surface area contributed by atoms with Gasteiger partial charge in [0.05, 0.1) is 12.8 Å². The monoisotopic (exact) mass is 278 g/mol. The Kier molecular flexibility index (Phi) is 5.13. The number of nitrogens with one attached hydrogen (secondary N) is 2. The highest BCUT2D eigenvalue weighted by Crippen LogP contribution is 2.25. The number of aryl methyl sites for hydroxylation is 1. The van der Waals surface area contributed by atoms with Gasteiger partial charge in [0.1, 0.15) is 12.2 Å². The van der Waals surface area contributed by atoms with E-state index in [2.05, 4.69) is 10.6 Å². The number of anilines is 1. The number of ether oxygens (including phenoxy) is 1. The fourth-order valence-corrected chi connectivity index (χ4v) is 1.72. The van der Waals surface area contributed by atoms with E-state index in [-0.39, 0.29) is 23.8 Å². The lowest BCUT2D eigenvalue weighted by molar-refractivity contribution is -0.127. The van der Waals surface area contributed by atoms with Gasteiger partial charge in [0.15, 0.2) is 0 Å². The van der Waals surface area contributed by atoms with Crippen molar-refractivity contribution >= 4 is 17.5 Å². The van der Waals surface area contributed by atoms with Crippen molar-refractivity contribution in [2.24, 2.45) is 0 Å². The lowest BCUT2D eigenvalue weighted by Crippen LogP contribution is -2.41. The van der Waals surface area contributed by atoms with Crippen LogP contribution in [0.1, 0.15) is 32.8 Å². The molecule has 1 aromatic rings. The summed E-state index contributed by atoms with van der Waals surface area (Å²) in [5.41, 5.74) is 1.22. The maximum absolute atomic E-state index is 11.9. The second-order valence-corrected chi connectivity index (χ2v) is 5.73. The van der Waals surface area contributed by atoms with Crippen LogP contribution in [0.4, 0.5) is 5.69 Å². The van der Waals surface area contributed by atoms with Crippen molar-refractivity contribution in [3.05, 3.63) is 23.8 Å². The Balaban J connectivity index is 2.67. The van der Waals surface area contributed by atoms with E-state index in [1.54, 1.807) is 12.1 Å². The van der Waals surface area contributed by atoms with Crippen molar-refractivity contribution in [2.75, 3.05) is 12.4 Å². The molecule has 5 nitrogen and oxygen atoms in total. The first-order chi connectivity index (χ1) is 9.21. The third-order valence-electron chi connectivity index (χ3n) is 2.46. The molecular formula is C15H22N2O3. The van der Waals surface area contributed by atoms with Gasteiger partial charge in [0.25, 0.3) is 0 Å². The third kappa shape index (κ3) is 5.30. The molecule has 0 spiro atoms. The molecule has 0 aliphatic rings. The van der Waals surface area contributed by atoms with Gasteiger partial charge in [0.2, 0.25) is 11.8 Å². The molecule has 0 atom stereocenters. The molecule has 2 N–H and O–H groups in total. The topological polar surface area (TPSA) is 67.4 Å². The van der Waals surface area contributed by atoms with E-state index in [1.807, 2.05) is 33.8 Å². The Morgan fingerprint density at radius 2 is 1.85 bits per heavy atom. The van der Waals surface area contributed by atoms with E-state index < -0.39 is 0 Å². The summed E-state index contributed by atoms with van der Waals surface area (Å²) in [5, 5.41) is 5.44. The van der Waals surface area contributed by atoms with Crippen molar-refractivity contribution in [1.29, 1.82) is 0 Å². The number of hydrogen-bond acceptors (Lipinski definition) is 3. The minimum atomic E-state index is -0.365. The quantitative estimate of drug-likeness (QED) is 0.830. The second kappa shape index (κ2) is 6.41. The first-order valence-electron chi connectivity index (χ1n) is 6.47. The summed E-state index contributed by atoms with van der Waals surface area (Å²) in [6.45, 7) is 7.52. The second-order valence-electron chi connectivity index (χ2n) is 5.73. The molecule has 0 fully saturated rings. The molecule has 0 aromatic heterocycles. The first-order valence-corrected chi connectivity index (χ1v) is 6.47. The van der Waals surface area contributed by atoms with Gasteiger partial charge < -0.3 is 15.4 Å². The standard InChI is InChI=1S/C15H22N2O3/c1-10-6-7-12(20-5)11(8-10)16-13(18)9-14(19)17-15(2,3)4/h6-8H,9H2,1-5H3,(H,16,18)(H,17,19). The van der Waals surface area contributed by atoms with E-state index >= 15 is 0 Å². The van der Waals surface area contributed by atoms with Crippen molar-refractivity contribution in [3.8, 4) is 5.75 Å². The van der Waals surface area contributed by atoms with Crippen LogP contribution < -0.4 is 15.4 Å². The molecular weight excluding hydrogens is 256 g/mol. The molecule has 1 rings (SSSR count). The lowest BCUT2D eigenvalue weighted by atomic mass is 10.1. The summed E-state index contributed by atoms with van der Waals surface area (Å²) in [6, 6.07) is 5.47. The molecule has 0 unspecified atom stereocenters. The highest BCUT2D eigenvalue weighted by atomic mass is 16.5. The van der Waals surface area contributed by atoms with Gasteiger partial charge >= 0.3 is 0 Å². The Hall–Kier alpha value is -2.04. The van der Waals surface area contributed by atoms with E-state index in [4.69, 9.17) is 4.74 Å². The van der Waals surface area contributed by atoms with Crippen LogP contribution in [0.2, 0.25) is 0 Å². The summed E-state index contributed by atoms with van der Waals surface area (Å²) < 4.78 is 5.17. The van der Waals surface area contributed by atoms with Crippen LogP contribution in [-0.2, 0) is 9.59 Å². The maximum atomic E-state index is 11.9. The number of amides is 2. The average molecular weight is 278 g/mol. The molecule has 0 saturated carbocycles. The van der Waals surface area contributed by atoms with Crippen molar-refractivity contribution < 1.29 is 14.3 Å². The zero-order chi connectivity index (χ0) is 15.3. The van der Waals surface area contributed by atoms with Gasteiger partial charge in [-0.1, -0.05) is 6.07 Å². The normalized spacial score (nSPS) is 10.8. The summed E-state index contributed by atoms with van der Waals surface area (Å²) >= 11 is 0. The maximum Gasteiger partial charge on any atom is 0.233 e. The number of methoxy groups -OCH3 is 1. The van der Waals surface area contributed by atoms with E-state index in [0.717, 1.165) is 5.56 Å². The van der Waals surface area contributed by atoms with Crippen molar-refractivity contribution in [3.63, 3.8) is 0 Å². The van der Waals surface area contributed by atoms with Crippen molar-refractivity contribution in [2.45, 2.75) is 39.7 Å². The largest absolute Gasteiger partial charge is 0.495 e. The van der Waals surface area contributed by atoms with Gasteiger partial charge in [0, 0.05) is 5.54 Å².